The van der Waals surface area contributed by atoms with Gasteiger partial charge in [-0.1, -0.05) is 15.9 Å². The quantitative estimate of drug-likeness (QED) is 0.904. The number of nitrogens with one attached hydrogen (secondary N) is 1. The number of nitrogens with zero attached hydrogens (tertiary/aromatic N) is 3. The van der Waals surface area contributed by atoms with Gasteiger partial charge in [0.25, 0.3) is 0 Å². The third kappa shape index (κ3) is 3.81. The third-order valence-electron chi connectivity index (χ3n) is 3.85. The van der Waals surface area contributed by atoms with Gasteiger partial charge in [-0.15, -0.1) is 0 Å². The van der Waals surface area contributed by atoms with Crippen LogP contribution in [0.25, 0.3) is 0 Å². The highest BCUT2D eigenvalue weighted by atomic mass is 79.9. The Morgan fingerprint density at radius 3 is 2.95 bits per heavy atom. The molecule has 1 aromatic heterocycles. The van der Waals surface area contributed by atoms with Crippen molar-refractivity contribution in [2.75, 3.05) is 18.0 Å². The monoisotopic (exact) mass is 364 g/mol. The molecule has 0 aliphatic carbocycles. The van der Waals surface area contributed by atoms with Gasteiger partial charge in [0.15, 0.2) is 0 Å². The number of halogens is 2. The van der Waals surface area contributed by atoms with Crippen LogP contribution in [-0.2, 0) is 6.54 Å². The Kier molecular flexibility index (Phi) is 5.00. The summed E-state index contributed by atoms with van der Waals surface area (Å²) in [6.45, 7) is 2.34. The summed E-state index contributed by atoms with van der Waals surface area (Å²) in [5.41, 5.74) is 0.683. The fourth-order valence-corrected chi connectivity index (χ4v) is 3.12. The van der Waals surface area contributed by atoms with Crippen molar-refractivity contribution in [1.82, 2.24) is 15.3 Å². The van der Waals surface area contributed by atoms with Crippen molar-refractivity contribution in [3.05, 3.63) is 52.5 Å². The van der Waals surface area contributed by atoms with E-state index in [4.69, 9.17) is 0 Å². The molecule has 0 radical (unpaired) electrons. The minimum atomic E-state index is -0.172. The molecule has 1 fully saturated rings. The zero-order valence-electron chi connectivity index (χ0n) is 12.2. The van der Waals surface area contributed by atoms with Crippen molar-refractivity contribution in [3.8, 4) is 0 Å². The summed E-state index contributed by atoms with van der Waals surface area (Å²) in [6.07, 6.45) is 5.68. The summed E-state index contributed by atoms with van der Waals surface area (Å²) in [6, 6.07) is 7.17. The number of hydrogen-bond donors (Lipinski definition) is 1. The highest BCUT2D eigenvalue weighted by molar-refractivity contribution is 9.10. The lowest BCUT2D eigenvalue weighted by Gasteiger charge is -2.33. The topological polar surface area (TPSA) is 41.0 Å². The van der Waals surface area contributed by atoms with Gasteiger partial charge in [0.1, 0.15) is 5.82 Å². The molecule has 0 bridgehead atoms. The van der Waals surface area contributed by atoms with Crippen LogP contribution in [0.1, 0.15) is 18.4 Å². The van der Waals surface area contributed by atoms with E-state index in [0.717, 1.165) is 36.4 Å². The van der Waals surface area contributed by atoms with Crippen LogP contribution in [0.3, 0.4) is 0 Å². The van der Waals surface area contributed by atoms with Crippen LogP contribution < -0.4 is 10.2 Å². The number of hydrogen-bond acceptors (Lipinski definition) is 4. The second-order valence-corrected chi connectivity index (χ2v) is 6.37. The molecule has 22 heavy (non-hydrogen) atoms. The van der Waals surface area contributed by atoms with Gasteiger partial charge >= 0.3 is 0 Å². The molecule has 1 N–H and O–H groups in total. The standard InChI is InChI=1S/C16H18BrFN4/c17-13-4-5-15(18)12(9-13)10-21-14-3-1-8-22(11-14)16-19-6-2-7-20-16/h2,4-7,9,14,21H,1,3,8,10-11H2. The minimum Gasteiger partial charge on any atom is -0.339 e. The second kappa shape index (κ2) is 7.15. The average molecular weight is 365 g/mol. The lowest BCUT2D eigenvalue weighted by Crippen LogP contribution is -2.46. The Bertz CT molecular complexity index is 623. The van der Waals surface area contributed by atoms with Gasteiger partial charge in [0.05, 0.1) is 0 Å². The largest absolute Gasteiger partial charge is 0.339 e. The summed E-state index contributed by atoms with van der Waals surface area (Å²) in [7, 11) is 0. The summed E-state index contributed by atoms with van der Waals surface area (Å²) in [5.74, 6) is 0.595. The maximum Gasteiger partial charge on any atom is 0.225 e. The van der Waals surface area contributed by atoms with Crippen LogP contribution in [0, 0.1) is 5.82 Å². The van der Waals surface area contributed by atoms with Gasteiger partial charge in [0.2, 0.25) is 5.95 Å². The van der Waals surface area contributed by atoms with Crippen molar-refractivity contribution in [1.29, 1.82) is 0 Å². The molecule has 3 rings (SSSR count). The van der Waals surface area contributed by atoms with E-state index in [2.05, 4.69) is 36.1 Å². The summed E-state index contributed by atoms with van der Waals surface area (Å²) >= 11 is 3.38. The first-order valence-electron chi connectivity index (χ1n) is 7.41. The number of rotatable bonds is 4. The Morgan fingerprint density at radius 2 is 2.14 bits per heavy atom. The maximum atomic E-state index is 13.8. The van der Waals surface area contributed by atoms with Crippen LogP contribution in [-0.4, -0.2) is 29.1 Å². The summed E-state index contributed by atoms with van der Waals surface area (Å²) in [4.78, 5) is 10.8. The Hall–Kier alpha value is -1.53. The molecule has 116 valence electrons. The van der Waals surface area contributed by atoms with Crippen LogP contribution >= 0.6 is 15.9 Å². The smallest absolute Gasteiger partial charge is 0.225 e. The number of aromatic nitrogens is 2. The fraction of sp³-hybridized carbons (Fsp3) is 0.375. The molecule has 1 aromatic carbocycles. The number of piperidine rings is 1. The normalized spacial score (nSPS) is 18.5. The van der Waals surface area contributed by atoms with Crippen LogP contribution in [0.4, 0.5) is 10.3 Å². The van der Waals surface area contributed by atoms with Gasteiger partial charge in [-0.25, -0.2) is 14.4 Å². The number of anilines is 1. The molecule has 6 heteroatoms. The van der Waals surface area contributed by atoms with E-state index >= 15 is 0 Å². The van der Waals surface area contributed by atoms with E-state index < -0.39 is 0 Å². The predicted molar refractivity (Wildman–Crippen MR) is 88.2 cm³/mol. The van der Waals surface area contributed by atoms with E-state index in [1.807, 2.05) is 12.1 Å². The lowest BCUT2D eigenvalue weighted by atomic mass is 10.1. The third-order valence-corrected chi connectivity index (χ3v) is 4.34. The van der Waals surface area contributed by atoms with Crippen LogP contribution in [0.15, 0.2) is 41.1 Å². The Labute approximate surface area is 137 Å². The van der Waals surface area contributed by atoms with Crippen LogP contribution in [0.5, 0.6) is 0 Å². The number of benzene rings is 1. The van der Waals surface area contributed by atoms with E-state index in [9.17, 15) is 4.39 Å². The van der Waals surface area contributed by atoms with Crippen molar-refractivity contribution in [2.45, 2.75) is 25.4 Å². The molecular weight excluding hydrogens is 347 g/mol. The van der Waals surface area contributed by atoms with Crippen LogP contribution in [0.2, 0.25) is 0 Å². The predicted octanol–water partition coefficient (Wildman–Crippen LogP) is 3.14. The SMILES string of the molecule is Fc1ccc(Br)cc1CNC1CCCN(c2ncccn2)C1. The first-order valence-corrected chi connectivity index (χ1v) is 8.21. The summed E-state index contributed by atoms with van der Waals surface area (Å²) in [5, 5.41) is 3.45. The molecule has 2 aromatic rings. The first kappa shape index (κ1) is 15.4. The highest BCUT2D eigenvalue weighted by Gasteiger charge is 2.21. The molecule has 4 nitrogen and oxygen atoms in total. The van der Waals surface area contributed by atoms with Gasteiger partial charge < -0.3 is 10.2 Å². The Balaban J connectivity index is 1.60. The van der Waals surface area contributed by atoms with E-state index in [-0.39, 0.29) is 5.82 Å². The zero-order valence-corrected chi connectivity index (χ0v) is 13.8. The Morgan fingerprint density at radius 1 is 1.32 bits per heavy atom. The van der Waals surface area contributed by atoms with Gasteiger partial charge in [-0.3, -0.25) is 0 Å². The molecule has 1 saturated heterocycles. The van der Waals surface area contributed by atoms with Crippen molar-refractivity contribution in [3.63, 3.8) is 0 Å². The molecule has 0 spiro atoms. The van der Waals surface area contributed by atoms with E-state index in [0.29, 0.717) is 18.2 Å². The maximum absolute atomic E-state index is 13.8. The van der Waals surface area contributed by atoms with E-state index in [1.54, 1.807) is 18.5 Å². The van der Waals surface area contributed by atoms with Crippen molar-refractivity contribution in [2.24, 2.45) is 0 Å². The van der Waals surface area contributed by atoms with Crippen molar-refractivity contribution >= 4 is 21.9 Å². The molecule has 1 aliphatic rings. The molecule has 1 atom stereocenters. The van der Waals surface area contributed by atoms with Gasteiger partial charge in [-0.05, 0) is 37.1 Å². The lowest BCUT2D eigenvalue weighted by molar-refractivity contribution is 0.414. The first-order chi connectivity index (χ1) is 10.7. The molecule has 0 saturated carbocycles. The molecule has 2 heterocycles. The second-order valence-electron chi connectivity index (χ2n) is 5.45. The fourth-order valence-electron chi connectivity index (χ4n) is 2.71. The van der Waals surface area contributed by atoms with Gasteiger partial charge in [0, 0.05) is 48.1 Å². The molecule has 1 unspecified atom stereocenters. The van der Waals surface area contributed by atoms with E-state index in [1.165, 1.54) is 6.07 Å². The minimum absolute atomic E-state index is 0.172. The van der Waals surface area contributed by atoms with Crippen molar-refractivity contribution < 1.29 is 4.39 Å². The molecular formula is C16H18BrFN4. The summed E-state index contributed by atoms with van der Waals surface area (Å²) < 4.78 is 14.7. The molecule has 1 aliphatic heterocycles. The highest BCUT2D eigenvalue weighted by Crippen LogP contribution is 2.18. The average Bonchev–Trinajstić information content (AvgIpc) is 2.57. The zero-order chi connectivity index (χ0) is 15.4. The van der Waals surface area contributed by atoms with Gasteiger partial charge in [-0.2, -0.15) is 0 Å². The molecule has 0 amide bonds.